The van der Waals surface area contributed by atoms with Gasteiger partial charge in [0, 0.05) is 13.6 Å². The first kappa shape index (κ1) is 14.1. The molecule has 5 heteroatoms. The summed E-state index contributed by atoms with van der Waals surface area (Å²) in [5, 5.41) is 0. The summed E-state index contributed by atoms with van der Waals surface area (Å²) >= 11 is 0. The molecule has 0 aliphatic carbocycles. The van der Waals surface area contributed by atoms with Crippen molar-refractivity contribution >= 4 is 16.9 Å². The summed E-state index contributed by atoms with van der Waals surface area (Å²) in [6.45, 7) is 0.743. The second-order valence-electron chi connectivity index (χ2n) is 6.01. The van der Waals surface area contributed by atoms with Crippen molar-refractivity contribution in [2.75, 3.05) is 6.54 Å². The number of carbonyl (C=O) groups excluding carboxylic acids is 1. The molecule has 1 amide bonds. The van der Waals surface area contributed by atoms with Crippen molar-refractivity contribution in [3.05, 3.63) is 54.2 Å². The van der Waals surface area contributed by atoms with E-state index in [1.165, 1.54) is 0 Å². The number of hydrogen-bond acceptors (Lipinski definition) is 3. The van der Waals surface area contributed by atoms with E-state index in [9.17, 15) is 4.79 Å². The number of benzene rings is 1. The molecule has 3 heterocycles. The highest BCUT2D eigenvalue weighted by Crippen LogP contribution is 2.33. The molecule has 1 fully saturated rings. The number of rotatable bonds is 2. The topological polar surface area (TPSA) is 51.3 Å². The Balaban J connectivity index is 1.75. The first-order valence-corrected chi connectivity index (χ1v) is 8.01. The van der Waals surface area contributed by atoms with Crippen LogP contribution in [0.1, 0.15) is 41.7 Å². The summed E-state index contributed by atoms with van der Waals surface area (Å²) in [4.78, 5) is 19.5. The van der Waals surface area contributed by atoms with Gasteiger partial charge in [0.2, 0.25) is 0 Å². The van der Waals surface area contributed by atoms with Gasteiger partial charge in [0.15, 0.2) is 5.76 Å². The van der Waals surface area contributed by atoms with E-state index in [1.54, 1.807) is 18.4 Å². The summed E-state index contributed by atoms with van der Waals surface area (Å²) in [6, 6.07) is 11.6. The minimum Gasteiger partial charge on any atom is -0.459 e. The Morgan fingerprint density at radius 1 is 1.22 bits per heavy atom. The Morgan fingerprint density at radius 2 is 2.09 bits per heavy atom. The lowest BCUT2D eigenvalue weighted by Crippen LogP contribution is -2.39. The van der Waals surface area contributed by atoms with Crippen molar-refractivity contribution in [2.24, 2.45) is 7.05 Å². The molecule has 0 bridgehead atoms. The van der Waals surface area contributed by atoms with E-state index < -0.39 is 0 Å². The van der Waals surface area contributed by atoms with Gasteiger partial charge in [0.1, 0.15) is 5.82 Å². The third kappa shape index (κ3) is 2.32. The van der Waals surface area contributed by atoms with Crippen LogP contribution in [0, 0.1) is 0 Å². The highest BCUT2D eigenvalue weighted by Gasteiger charge is 2.32. The highest BCUT2D eigenvalue weighted by molar-refractivity contribution is 5.91. The van der Waals surface area contributed by atoms with Crippen LogP contribution in [-0.4, -0.2) is 26.9 Å². The number of piperidine rings is 1. The van der Waals surface area contributed by atoms with E-state index in [1.807, 2.05) is 30.1 Å². The molecule has 0 saturated carbocycles. The third-order valence-corrected chi connectivity index (χ3v) is 4.62. The second kappa shape index (κ2) is 5.57. The minimum atomic E-state index is -0.0493. The number of aryl methyl sites for hydroxylation is 1. The number of furan rings is 1. The number of fused-ring (bicyclic) bond motifs is 1. The number of likely N-dealkylation sites (tertiary alicyclic amines) is 1. The van der Waals surface area contributed by atoms with E-state index in [-0.39, 0.29) is 11.9 Å². The highest BCUT2D eigenvalue weighted by atomic mass is 16.3. The summed E-state index contributed by atoms with van der Waals surface area (Å²) < 4.78 is 7.41. The zero-order chi connectivity index (χ0) is 15.8. The van der Waals surface area contributed by atoms with Crippen LogP contribution in [0.15, 0.2) is 47.1 Å². The largest absolute Gasteiger partial charge is 0.459 e. The lowest BCUT2D eigenvalue weighted by atomic mass is 10.0. The molecule has 1 atom stereocenters. The third-order valence-electron chi connectivity index (χ3n) is 4.62. The molecule has 1 aromatic carbocycles. The van der Waals surface area contributed by atoms with Crippen LogP contribution >= 0.6 is 0 Å². The molecule has 5 nitrogen and oxygen atoms in total. The van der Waals surface area contributed by atoms with Crippen molar-refractivity contribution in [3.8, 4) is 0 Å². The van der Waals surface area contributed by atoms with Gasteiger partial charge in [0.25, 0.3) is 5.91 Å². The minimum absolute atomic E-state index is 0.00116. The Labute approximate surface area is 134 Å². The summed E-state index contributed by atoms with van der Waals surface area (Å²) in [5.41, 5.74) is 2.07. The maximum absolute atomic E-state index is 12.8. The van der Waals surface area contributed by atoms with Crippen LogP contribution in [-0.2, 0) is 7.05 Å². The van der Waals surface area contributed by atoms with Gasteiger partial charge in [-0.25, -0.2) is 4.98 Å². The number of amides is 1. The normalized spacial score (nSPS) is 18.5. The Hall–Kier alpha value is -2.56. The zero-order valence-electron chi connectivity index (χ0n) is 13.1. The van der Waals surface area contributed by atoms with Crippen LogP contribution in [0.2, 0.25) is 0 Å². The summed E-state index contributed by atoms with van der Waals surface area (Å²) in [7, 11) is 2.02. The molecule has 0 radical (unpaired) electrons. The van der Waals surface area contributed by atoms with Crippen molar-refractivity contribution in [1.82, 2.24) is 14.5 Å². The molecule has 0 N–H and O–H groups in total. The maximum atomic E-state index is 12.8. The van der Waals surface area contributed by atoms with Gasteiger partial charge in [-0.15, -0.1) is 0 Å². The molecular formula is C18H19N3O2. The predicted octanol–water partition coefficient (Wildman–Crippen LogP) is 3.53. The molecule has 118 valence electrons. The molecule has 2 aromatic heterocycles. The number of aromatic nitrogens is 2. The molecule has 3 aromatic rings. The molecule has 1 aliphatic rings. The first-order valence-electron chi connectivity index (χ1n) is 8.01. The Kier molecular flexibility index (Phi) is 3.41. The SMILES string of the molecule is Cn1c(C2CCCCN2C(=O)c2ccco2)nc2ccccc21. The fourth-order valence-corrected chi connectivity index (χ4v) is 3.45. The first-order chi connectivity index (χ1) is 11.3. The molecule has 23 heavy (non-hydrogen) atoms. The van der Waals surface area contributed by atoms with Crippen molar-refractivity contribution in [3.63, 3.8) is 0 Å². The van der Waals surface area contributed by atoms with Crippen LogP contribution < -0.4 is 0 Å². The molecular weight excluding hydrogens is 290 g/mol. The van der Waals surface area contributed by atoms with Crippen molar-refractivity contribution in [2.45, 2.75) is 25.3 Å². The number of para-hydroxylation sites is 2. The smallest absolute Gasteiger partial charge is 0.290 e. The quantitative estimate of drug-likeness (QED) is 0.727. The maximum Gasteiger partial charge on any atom is 0.290 e. The molecule has 0 spiro atoms. The number of nitrogens with zero attached hydrogens (tertiary/aromatic N) is 3. The van der Waals surface area contributed by atoms with E-state index in [0.29, 0.717) is 5.76 Å². The lowest BCUT2D eigenvalue weighted by Gasteiger charge is -2.34. The predicted molar refractivity (Wildman–Crippen MR) is 87.1 cm³/mol. The lowest BCUT2D eigenvalue weighted by molar-refractivity contribution is 0.0564. The van der Waals surface area contributed by atoms with Gasteiger partial charge >= 0.3 is 0 Å². The van der Waals surface area contributed by atoms with Crippen LogP contribution in [0.3, 0.4) is 0 Å². The van der Waals surface area contributed by atoms with Gasteiger partial charge in [0.05, 0.1) is 23.3 Å². The average molecular weight is 309 g/mol. The fourth-order valence-electron chi connectivity index (χ4n) is 3.45. The standard InChI is InChI=1S/C18H19N3O2/c1-20-14-8-3-2-7-13(14)19-17(20)15-9-4-5-11-21(15)18(22)16-10-6-12-23-16/h2-3,6-8,10,12,15H,4-5,9,11H2,1H3. The summed E-state index contributed by atoms with van der Waals surface area (Å²) in [6.07, 6.45) is 4.60. The van der Waals surface area contributed by atoms with Crippen LogP contribution in [0.25, 0.3) is 11.0 Å². The van der Waals surface area contributed by atoms with Gasteiger partial charge in [-0.1, -0.05) is 12.1 Å². The van der Waals surface area contributed by atoms with E-state index >= 15 is 0 Å². The average Bonchev–Trinajstić information content (AvgIpc) is 3.23. The number of imidazole rings is 1. The molecule has 1 unspecified atom stereocenters. The summed E-state index contributed by atoms with van der Waals surface area (Å²) in [5.74, 6) is 1.30. The van der Waals surface area contributed by atoms with E-state index in [2.05, 4.69) is 10.6 Å². The Bertz CT molecular complexity index is 835. The molecule has 1 aliphatic heterocycles. The monoisotopic (exact) mass is 309 g/mol. The second-order valence-corrected chi connectivity index (χ2v) is 6.01. The van der Waals surface area contributed by atoms with E-state index in [0.717, 1.165) is 42.7 Å². The molecule has 4 rings (SSSR count). The van der Waals surface area contributed by atoms with Crippen LogP contribution in [0.5, 0.6) is 0 Å². The van der Waals surface area contributed by atoms with Crippen LogP contribution in [0.4, 0.5) is 0 Å². The van der Waals surface area contributed by atoms with Gasteiger partial charge in [-0.05, 0) is 43.5 Å². The van der Waals surface area contributed by atoms with Crippen molar-refractivity contribution in [1.29, 1.82) is 0 Å². The van der Waals surface area contributed by atoms with Gasteiger partial charge in [-0.2, -0.15) is 0 Å². The Morgan fingerprint density at radius 3 is 2.87 bits per heavy atom. The van der Waals surface area contributed by atoms with Gasteiger partial charge < -0.3 is 13.9 Å². The van der Waals surface area contributed by atoms with Crippen molar-refractivity contribution < 1.29 is 9.21 Å². The fraction of sp³-hybridized carbons (Fsp3) is 0.333. The van der Waals surface area contributed by atoms with E-state index in [4.69, 9.17) is 9.40 Å². The number of carbonyl (C=O) groups is 1. The molecule has 1 saturated heterocycles. The van der Waals surface area contributed by atoms with Gasteiger partial charge in [-0.3, -0.25) is 4.79 Å². The zero-order valence-corrected chi connectivity index (χ0v) is 13.1. The number of hydrogen-bond donors (Lipinski definition) is 0.